The van der Waals surface area contributed by atoms with Crippen LogP contribution in [0.1, 0.15) is 239 Å². The van der Waals surface area contributed by atoms with Crippen LogP contribution in [-0.2, 0) is 14.3 Å². The van der Waals surface area contributed by atoms with Gasteiger partial charge in [0, 0.05) is 6.42 Å². The van der Waals surface area contributed by atoms with E-state index in [2.05, 4.69) is 141 Å². The summed E-state index contributed by atoms with van der Waals surface area (Å²) in [6.45, 7) is 3.65. The minimum absolute atomic E-state index is 0.187. The highest BCUT2D eigenvalue weighted by Crippen LogP contribution is 2.23. The maximum Gasteiger partial charge on any atom is 0.220 e. The molecular weight excluding hydrogens is 971 g/mol. The molecule has 1 fully saturated rings. The molecule has 0 aromatic heterocycles. The fraction of sp³-hybridized carbons (Fsp3) is 0.667. The molecule has 0 aliphatic carbocycles. The van der Waals surface area contributed by atoms with Gasteiger partial charge < -0.3 is 40.3 Å². The van der Waals surface area contributed by atoms with Crippen LogP contribution in [0.25, 0.3) is 0 Å². The number of aliphatic hydroxyl groups excluding tert-OH is 5. The van der Waals surface area contributed by atoms with Crippen LogP contribution in [0.15, 0.2) is 134 Å². The number of ether oxygens (including phenoxy) is 2. The SMILES string of the molecule is CC/C=C\C/C=C\C/C=C\C/C=C\C/C=C\C/C=C\C/C=C\C/C=C\C/C=C\C/C=C\CCCCCCCCCCCCC(=O)NC(COC1OC(CO)C(O)C(O)C1O)C(O)/C=C/CCCCCCCCCCCCCC. The third-order valence-electron chi connectivity index (χ3n) is 14.0. The Bertz CT molecular complexity index is 1690. The molecule has 9 heteroatoms. The molecule has 1 amide bonds. The number of hydrogen-bond donors (Lipinski definition) is 6. The molecule has 1 rings (SSSR count). The minimum Gasteiger partial charge on any atom is -0.394 e. The van der Waals surface area contributed by atoms with Gasteiger partial charge in [-0.1, -0.05) is 270 Å². The van der Waals surface area contributed by atoms with Crippen LogP contribution >= 0.6 is 0 Å². The van der Waals surface area contributed by atoms with Gasteiger partial charge in [0.2, 0.25) is 5.91 Å². The molecule has 444 valence electrons. The molecule has 0 aromatic rings. The van der Waals surface area contributed by atoms with Gasteiger partial charge >= 0.3 is 0 Å². The topological polar surface area (TPSA) is 149 Å². The summed E-state index contributed by atoms with van der Waals surface area (Å²) in [5.74, 6) is -0.187. The van der Waals surface area contributed by atoms with E-state index in [0.717, 1.165) is 116 Å². The molecule has 0 aromatic carbocycles. The molecule has 6 N–H and O–H groups in total. The second-order valence-electron chi connectivity index (χ2n) is 21.1. The lowest BCUT2D eigenvalue weighted by molar-refractivity contribution is -0.302. The third-order valence-corrected chi connectivity index (χ3v) is 14.0. The zero-order chi connectivity index (χ0) is 56.5. The van der Waals surface area contributed by atoms with Crippen molar-refractivity contribution in [3.63, 3.8) is 0 Å². The van der Waals surface area contributed by atoms with Crippen molar-refractivity contribution in [1.29, 1.82) is 0 Å². The summed E-state index contributed by atoms with van der Waals surface area (Å²) in [6, 6.07) is -0.815. The van der Waals surface area contributed by atoms with Gasteiger partial charge in [-0.25, -0.2) is 0 Å². The number of amides is 1. The predicted molar refractivity (Wildman–Crippen MR) is 331 cm³/mol. The number of aliphatic hydroxyl groups is 5. The Morgan fingerprint density at radius 3 is 1.18 bits per heavy atom. The Morgan fingerprint density at radius 1 is 0.449 bits per heavy atom. The molecule has 9 nitrogen and oxygen atoms in total. The van der Waals surface area contributed by atoms with E-state index in [4.69, 9.17) is 9.47 Å². The molecule has 1 saturated heterocycles. The van der Waals surface area contributed by atoms with Crippen LogP contribution in [0.4, 0.5) is 0 Å². The highest BCUT2D eigenvalue weighted by molar-refractivity contribution is 5.76. The summed E-state index contributed by atoms with van der Waals surface area (Å²) in [5.41, 5.74) is 0. The largest absolute Gasteiger partial charge is 0.394 e. The Kier molecular flexibility index (Phi) is 52.5. The maximum atomic E-state index is 13.1. The van der Waals surface area contributed by atoms with Gasteiger partial charge in [-0.15, -0.1) is 0 Å². The van der Waals surface area contributed by atoms with E-state index in [1.165, 1.54) is 103 Å². The number of rotatable bonds is 52. The van der Waals surface area contributed by atoms with Crippen LogP contribution in [-0.4, -0.2) is 87.5 Å². The molecule has 0 bridgehead atoms. The molecular formula is C69H115NO8. The molecule has 7 unspecified atom stereocenters. The molecule has 7 atom stereocenters. The van der Waals surface area contributed by atoms with Gasteiger partial charge in [0.25, 0.3) is 0 Å². The van der Waals surface area contributed by atoms with Crippen LogP contribution in [0.2, 0.25) is 0 Å². The average Bonchev–Trinajstić information content (AvgIpc) is 3.46. The van der Waals surface area contributed by atoms with Gasteiger partial charge in [-0.05, 0) is 96.3 Å². The fourth-order valence-electron chi connectivity index (χ4n) is 9.07. The summed E-state index contributed by atoms with van der Waals surface area (Å²) in [4.78, 5) is 13.1. The smallest absolute Gasteiger partial charge is 0.220 e. The molecule has 0 spiro atoms. The van der Waals surface area contributed by atoms with Crippen molar-refractivity contribution in [1.82, 2.24) is 5.32 Å². The number of nitrogens with one attached hydrogen (secondary N) is 1. The maximum absolute atomic E-state index is 13.1. The first-order valence-corrected chi connectivity index (χ1v) is 31.4. The van der Waals surface area contributed by atoms with Crippen molar-refractivity contribution in [2.75, 3.05) is 13.2 Å². The molecule has 1 aliphatic heterocycles. The van der Waals surface area contributed by atoms with Gasteiger partial charge in [-0.3, -0.25) is 4.79 Å². The van der Waals surface area contributed by atoms with E-state index in [0.29, 0.717) is 6.42 Å². The van der Waals surface area contributed by atoms with E-state index in [1.807, 2.05) is 6.08 Å². The zero-order valence-electron chi connectivity index (χ0n) is 49.4. The normalized spacial score (nSPS) is 19.6. The second-order valence-corrected chi connectivity index (χ2v) is 21.1. The first kappa shape index (κ1) is 72.3. The van der Waals surface area contributed by atoms with E-state index < -0.39 is 49.5 Å². The number of carbonyl (C=O) groups is 1. The Morgan fingerprint density at radius 2 is 0.795 bits per heavy atom. The molecule has 0 saturated carbocycles. The minimum atomic E-state index is -1.57. The van der Waals surface area contributed by atoms with Crippen molar-refractivity contribution in [2.45, 2.75) is 281 Å². The van der Waals surface area contributed by atoms with E-state index in [9.17, 15) is 30.3 Å². The van der Waals surface area contributed by atoms with E-state index in [-0.39, 0.29) is 12.5 Å². The summed E-state index contributed by atoms with van der Waals surface area (Å²) < 4.78 is 11.3. The predicted octanol–water partition coefficient (Wildman–Crippen LogP) is 16.5. The molecule has 78 heavy (non-hydrogen) atoms. The Hall–Kier alpha value is -3.67. The summed E-state index contributed by atoms with van der Waals surface area (Å²) >= 11 is 0. The first-order chi connectivity index (χ1) is 38.3. The summed E-state index contributed by atoms with van der Waals surface area (Å²) in [6.07, 6.45) is 79.6. The summed E-state index contributed by atoms with van der Waals surface area (Å²) in [7, 11) is 0. The highest BCUT2D eigenvalue weighted by atomic mass is 16.7. The van der Waals surface area contributed by atoms with Crippen molar-refractivity contribution in [2.24, 2.45) is 0 Å². The number of unbranched alkanes of at least 4 members (excludes halogenated alkanes) is 22. The fourth-order valence-corrected chi connectivity index (χ4v) is 9.07. The third kappa shape index (κ3) is 45.1. The van der Waals surface area contributed by atoms with Crippen molar-refractivity contribution in [3.05, 3.63) is 134 Å². The van der Waals surface area contributed by atoms with Crippen LogP contribution < -0.4 is 5.32 Å². The molecule has 0 radical (unpaired) electrons. The van der Waals surface area contributed by atoms with Crippen LogP contribution in [0.3, 0.4) is 0 Å². The van der Waals surface area contributed by atoms with Crippen LogP contribution in [0, 0.1) is 0 Å². The number of carbonyl (C=O) groups excluding carboxylic acids is 1. The number of allylic oxidation sites excluding steroid dienone is 21. The van der Waals surface area contributed by atoms with Gasteiger partial charge in [0.1, 0.15) is 24.4 Å². The Balaban J connectivity index is 2.14. The Labute approximate surface area is 477 Å². The average molecular weight is 1090 g/mol. The first-order valence-electron chi connectivity index (χ1n) is 31.4. The standard InChI is InChI=1S/C69H115NO8/c1-3-5-7-9-11-13-15-17-19-20-21-22-23-24-25-26-27-28-29-30-31-32-33-34-35-36-37-38-39-40-41-42-43-44-45-47-49-51-53-55-57-59-65(73)70-62(61-77-69-68(76)67(75)66(74)64(60-71)78-69)63(72)58-56-54-52-50-48-46-18-16-14-12-10-8-6-4-2/h5,7,11,13,17,19,21-22,24-25,27-28,30-31,33-34,36-37,39-40,56,58,62-64,66-69,71-72,74-76H,3-4,6,8-10,12,14-16,18,20,23,26,29,32,35,38,41-55,57,59-61H2,1-2H3,(H,70,73)/b7-5-,13-11-,19-17-,22-21-,25-24-,28-27-,31-30-,34-33-,37-36-,40-39-,58-56+. The van der Waals surface area contributed by atoms with Gasteiger partial charge in [0.15, 0.2) is 6.29 Å². The van der Waals surface area contributed by atoms with Crippen molar-refractivity contribution in [3.8, 4) is 0 Å². The molecule has 1 aliphatic rings. The van der Waals surface area contributed by atoms with E-state index >= 15 is 0 Å². The second kappa shape index (κ2) is 56.6. The highest BCUT2D eigenvalue weighted by Gasteiger charge is 2.44. The zero-order valence-corrected chi connectivity index (χ0v) is 49.4. The lowest BCUT2D eigenvalue weighted by Crippen LogP contribution is -2.60. The lowest BCUT2D eigenvalue weighted by Gasteiger charge is -2.40. The van der Waals surface area contributed by atoms with Crippen LogP contribution in [0.5, 0.6) is 0 Å². The lowest BCUT2D eigenvalue weighted by atomic mass is 9.99. The quantitative estimate of drug-likeness (QED) is 0.0261. The number of hydrogen-bond acceptors (Lipinski definition) is 8. The van der Waals surface area contributed by atoms with Gasteiger partial charge in [0.05, 0.1) is 25.4 Å². The molecule has 1 heterocycles. The summed E-state index contributed by atoms with van der Waals surface area (Å²) in [5, 5.41) is 54.5. The van der Waals surface area contributed by atoms with Gasteiger partial charge in [-0.2, -0.15) is 0 Å². The van der Waals surface area contributed by atoms with Crippen molar-refractivity contribution < 1.29 is 39.8 Å². The monoisotopic (exact) mass is 1090 g/mol. The van der Waals surface area contributed by atoms with Crippen molar-refractivity contribution >= 4 is 5.91 Å². The van der Waals surface area contributed by atoms with E-state index in [1.54, 1.807) is 6.08 Å².